The Labute approximate surface area is 228 Å². The summed E-state index contributed by atoms with van der Waals surface area (Å²) in [6.07, 6.45) is 6.27. The molecule has 39 heavy (non-hydrogen) atoms. The van der Waals surface area contributed by atoms with Crippen LogP contribution in [0.1, 0.15) is 23.2 Å². The molecule has 4 heterocycles. The van der Waals surface area contributed by atoms with Crippen LogP contribution < -0.4 is 4.74 Å². The molecule has 6 rings (SSSR count). The fourth-order valence-electron chi connectivity index (χ4n) is 5.75. The zero-order valence-corrected chi connectivity index (χ0v) is 22.3. The van der Waals surface area contributed by atoms with Gasteiger partial charge >= 0.3 is 0 Å². The SMILES string of the molecule is COc1ccccc1-c1c[nH]c2ncc(-c3ccc(F)c(C(=O)N4CCN(CCN5CCCC5)CC4)c3)cc12. The minimum Gasteiger partial charge on any atom is -0.496 e. The highest BCUT2D eigenvalue weighted by Gasteiger charge is 2.25. The van der Waals surface area contributed by atoms with Crippen molar-refractivity contribution in [2.24, 2.45) is 0 Å². The van der Waals surface area contributed by atoms with Gasteiger partial charge in [-0.25, -0.2) is 9.37 Å². The van der Waals surface area contributed by atoms with Crippen LogP contribution in [-0.2, 0) is 0 Å². The lowest BCUT2D eigenvalue weighted by molar-refractivity contribution is 0.0622. The predicted octanol–water partition coefficient (Wildman–Crippen LogP) is 4.90. The maximum Gasteiger partial charge on any atom is 0.256 e. The molecule has 4 aromatic rings. The summed E-state index contributed by atoms with van der Waals surface area (Å²) in [5, 5.41) is 0.930. The second-order valence-electron chi connectivity index (χ2n) is 10.4. The van der Waals surface area contributed by atoms with E-state index < -0.39 is 5.82 Å². The summed E-state index contributed by atoms with van der Waals surface area (Å²) in [4.78, 5) is 27.9. The molecule has 1 N–H and O–H groups in total. The molecular formula is C31H34FN5O2. The highest BCUT2D eigenvalue weighted by molar-refractivity contribution is 5.98. The number of carbonyl (C=O) groups excluding carboxylic acids is 1. The van der Waals surface area contributed by atoms with E-state index in [0.29, 0.717) is 13.1 Å². The molecule has 2 aliphatic heterocycles. The summed E-state index contributed by atoms with van der Waals surface area (Å²) in [7, 11) is 1.66. The van der Waals surface area contributed by atoms with Crippen molar-refractivity contribution in [3.8, 4) is 28.0 Å². The normalized spacial score (nSPS) is 16.7. The number of amides is 1. The van der Waals surface area contributed by atoms with Gasteiger partial charge in [0.15, 0.2) is 0 Å². The average Bonchev–Trinajstić information content (AvgIpc) is 3.66. The van der Waals surface area contributed by atoms with Gasteiger partial charge in [0, 0.05) is 73.7 Å². The molecule has 2 aliphatic rings. The number of rotatable bonds is 7. The Morgan fingerprint density at radius 3 is 2.44 bits per heavy atom. The number of methoxy groups -OCH3 is 1. The van der Waals surface area contributed by atoms with Crippen molar-refractivity contribution >= 4 is 16.9 Å². The molecule has 0 atom stereocenters. The molecule has 0 saturated carbocycles. The summed E-state index contributed by atoms with van der Waals surface area (Å²) < 4.78 is 20.5. The molecule has 0 spiro atoms. The lowest BCUT2D eigenvalue weighted by Crippen LogP contribution is -2.50. The Bertz CT molecular complexity index is 1470. The van der Waals surface area contributed by atoms with Gasteiger partial charge in [-0.15, -0.1) is 0 Å². The Morgan fingerprint density at radius 2 is 1.67 bits per heavy atom. The number of likely N-dealkylation sites (tertiary alicyclic amines) is 1. The van der Waals surface area contributed by atoms with Crippen molar-refractivity contribution in [2.45, 2.75) is 12.8 Å². The van der Waals surface area contributed by atoms with E-state index in [1.165, 1.54) is 32.0 Å². The monoisotopic (exact) mass is 527 g/mol. The van der Waals surface area contributed by atoms with Crippen LogP contribution in [0.15, 0.2) is 60.9 Å². The van der Waals surface area contributed by atoms with Crippen LogP contribution in [0, 0.1) is 5.82 Å². The van der Waals surface area contributed by atoms with E-state index in [-0.39, 0.29) is 11.5 Å². The number of piperazine rings is 1. The predicted molar refractivity (Wildman–Crippen MR) is 151 cm³/mol. The summed E-state index contributed by atoms with van der Waals surface area (Å²) in [6.45, 7) is 7.37. The molecular weight excluding hydrogens is 493 g/mol. The topological polar surface area (TPSA) is 64.7 Å². The number of carbonyl (C=O) groups is 1. The molecule has 202 valence electrons. The quantitative estimate of drug-likeness (QED) is 0.371. The number of aromatic amines is 1. The van der Waals surface area contributed by atoms with Gasteiger partial charge in [-0.05, 0) is 55.8 Å². The van der Waals surface area contributed by atoms with E-state index in [0.717, 1.165) is 65.2 Å². The number of aromatic nitrogens is 2. The third-order valence-electron chi connectivity index (χ3n) is 8.05. The molecule has 7 nitrogen and oxygen atoms in total. The Kier molecular flexibility index (Phi) is 7.30. The number of benzene rings is 2. The first kappa shape index (κ1) is 25.5. The molecule has 0 bridgehead atoms. The first-order chi connectivity index (χ1) is 19.1. The summed E-state index contributed by atoms with van der Waals surface area (Å²) in [6, 6.07) is 14.6. The average molecular weight is 528 g/mol. The second-order valence-corrected chi connectivity index (χ2v) is 10.4. The van der Waals surface area contributed by atoms with Crippen LogP contribution in [0.25, 0.3) is 33.3 Å². The fourth-order valence-corrected chi connectivity index (χ4v) is 5.75. The molecule has 1 amide bonds. The standard InChI is InChI=1S/C31H34FN5O2/c1-39-29-7-3-2-6-24(29)27-21-34-30-25(27)19-23(20-33-30)22-8-9-28(32)26(18-22)31(38)37-16-14-36(15-17-37)13-12-35-10-4-5-11-35/h2-3,6-9,18-21H,4-5,10-17H2,1H3,(H,33,34). The van der Waals surface area contributed by atoms with Crippen molar-refractivity contribution < 1.29 is 13.9 Å². The van der Waals surface area contributed by atoms with Gasteiger partial charge in [0.05, 0.1) is 12.7 Å². The zero-order chi connectivity index (χ0) is 26.8. The lowest BCUT2D eigenvalue weighted by Gasteiger charge is -2.35. The van der Waals surface area contributed by atoms with Crippen molar-refractivity contribution in [1.82, 2.24) is 24.7 Å². The smallest absolute Gasteiger partial charge is 0.256 e. The summed E-state index contributed by atoms with van der Waals surface area (Å²) in [5.74, 6) is 0.0270. The van der Waals surface area contributed by atoms with Crippen LogP contribution >= 0.6 is 0 Å². The van der Waals surface area contributed by atoms with Gasteiger partial charge in [-0.1, -0.05) is 24.3 Å². The first-order valence-electron chi connectivity index (χ1n) is 13.7. The molecule has 2 aromatic heterocycles. The van der Waals surface area contributed by atoms with Crippen LogP contribution in [-0.4, -0.2) is 90.0 Å². The van der Waals surface area contributed by atoms with E-state index in [1.54, 1.807) is 30.3 Å². The maximum atomic E-state index is 14.9. The molecule has 0 aliphatic carbocycles. The third kappa shape index (κ3) is 5.27. The van der Waals surface area contributed by atoms with Crippen molar-refractivity contribution in [3.63, 3.8) is 0 Å². The largest absolute Gasteiger partial charge is 0.496 e. The molecule has 2 aromatic carbocycles. The number of nitrogens with zero attached hydrogens (tertiary/aromatic N) is 4. The van der Waals surface area contributed by atoms with Gasteiger partial charge in [0.2, 0.25) is 0 Å². The number of halogens is 1. The second kappa shape index (κ2) is 11.2. The van der Waals surface area contributed by atoms with E-state index >= 15 is 0 Å². The van der Waals surface area contributed by atoms with Crippen molar-refractivity contribution in [1.29, 1.82) is 0 Å². The van der Waals surface area contributed by atoms with Gasteiger partial charge in [-0.3, -0.25) is 9.69 Å². The van der Waals surface area contributed by atoms with Crippen LogP contribution in [0.3, 0.4) is 0 Å². The van der Waals surface area contributed by atoms with E-state index in [4.69, 9.17) is 4.74 Å². The number of pyridine rings is 1. The number of H-pyrrole nitrogens is 1. The molecule has 2 saturated heterocycles. The summed E-state index contributed by atoms with van der Waals surface area (Å²) in [5.41, 5.74) is 4.36. The Morgan fingerprint density at radius 1 is 0.923 bits per heavy atom. The molecule has 0 unspecified atom stereocenters. The fraction of sp³-hybridized carbons (Fsp3) is 0.355. The maximum absolute atomic E-state index is 14.9. The van der Waals surface area contributed by atoms with Gasteiger partial charge in [0.25, 0.3) is 5.91 Å². The number of hydrogen-bond acceptors (Lipinski definition) is 5. The van der Waals surface area contributed by atoms with Crippen LogP contribution in [0.5, 0.6) is 5.75 Å². The summed E-state index contributed by atoms with van der Waals surface area (Å²) >= 11 is 0. The van der Waals surface area contributed by atoms with Crippen LogP contribution in [0.2, 0.25) is 0 Å². The first-order valence-corrected chi connectivity index (χ1v) is 13.7. The van der Waals surface area contributed by atoms with Gasteiger partial charge < -0.3 is 19.5 Å². The number of ether oxygens (including phenoxy) is 1. The van der Waals surface area contributed by atoms with Gasteiger partial charge in [-0.2, -0.15) is 0 Å². The Balaban J connectivity index is 1.20. The van der Waals surface area contributed by atoms with Crippen molar-refractivity contribution in [3.05, 3.63) is 72.3 Å². The van der Waals surface area contributed by atoms with Crippen molar-refractivity contribution in [2.75, 3.05) is 59.5 Å². The third-order valence-corrected chi connectivity index (χ3v) is 8.05. The minimum atomic E-state index is -0.495. The highest BCUT2D eigenvalue weighted by atomic mass is 19.1. The number of hydrogen-bond donors (Lipinski definition) is 1. The van der Waals surface area contributed by atoms with E-state index in [9.17, 15) is 9.18 Å². The number of fused-ring (bicyclic) bond motifs is 1. The Hall–Kier alpha value is -3.75. The van der Waals surface area contributed by atoms with E-state index in [2.05, 4.69) is 19.8 Å². The highest BCUT2D eigenvalue weighted by Crippen LogP contribution is 2.36. The van der Waals surface area contributed by atoms with E-state index in [1.807, 2.05) is 36.5 Å². The van der Waals surface area contributed by atoms with Gasteiger partial charge in [0.1, 0.15) is 17.2 Å². The number of para-hydroxylation sites is 1. The molecule has 2 fully saturated rings. The van der Waals surface area contributed by atoms with Crippen LogP contribution in [0.4, 0.5) is 4.39 Å². The number of nitrogens with one attached hydrogen (secondary N) is 1. The lowest BCUT2D eigenvalue weighted by atomic mass is 10.00. The zero-order valence-electron chi connectivity index (χ0n) is 22.3. The molecule has 0 radical (unpaired) electrons. The minimum absolute atomic E-state index is 0.108. The molecule has 8 heteroatoms.